The van der Waals surface area contributed by atoms with E-state index < -0.39 is 5.76 Å². The van der Waals surface area contributed by atoms with Crippen molar-refractivity contribution >= 4 is 22.9 Å². The molecule has 2 amide bonds. The van der Waals surface area contributed by atoms with Crippen LogP contribution in [0.25, 0.3) is 11.1 Å². The zero-order chi connectivity index (χ0) is 18.1. The number of aromatic nitrogens is 1. The Labute approximate surface area is 150 Å². The number of para-hydroxylation sites is 2. The summed E-state index contributed by atoms with van der Waals surface area (Å²) in [5, 5.41) is 2.98. The topological polar surface area (TPSA) is 87.8 Å². The van der Waals surface area contributed by atoms with E-state index in [2.05, 4.69) is 10.2 Å². The first kappa shape index (κ1) is 16.8. The van der Waals surface area contributed by atoms with Crippen LogP contribution in [-0.2, 0) is 16.1 Å². The minimum Gasteiger partial charge on any atom is -0.408 e. The highest BCUT2D eigenvalue weighted by molar-refractivity contribution is 5.80. The molecular formula is C18H22N4O4. The van der Waals surface area contributed by atoms with E-state index in [0.29, 0.717) is 49.9 Å². The minimum atomic E-state index is -0.519. The Kier molecular flexibility index (Phi) is 4.50. The molecule has 2 aliphatic rings. The SMILES string of the molecule is O=C(CN1CCN(C(=O)Cn2c(=O)oc3ccccc32)CC1)NC1CC1. The van der Waals surface area contributed by atoms with Crippen molar-refractivity contribution in [3.63, 3.8) is 0 Å². The molecule has 138 valence electrons. The molecule has 2 aromatic rings. The monoisotopic (exact) mass is 358 g/mol. The van der Waals surface area contributed by atoms with Gasteiger partial charge in [-0.25, -0.2) is 4.79 Å². The second kappa shape index (κ2) is 6.95. The Morgan fingerprint density at radius 3 is 2.54 bits per heavy atom. The van der Waals surface area contributed by atoms with Crippen molar-refractivity contribution < 1.29 is 14.0 Å². The quantitative estimate of drug-likeness (QED) is 0.814. The van der Waals surface area contributed by atoms with E-state index in [1.165, 1.54) is 4.57 Å². The van der Waals surface area contributed by atoms with Crippen LogP contribution in [0, 0.1) is 0 Å². The lowest BCUT2D eigenvalue weighted by atomic mass is 10.3. The van der Waals surface area contributed by atoms with Crippen LogP contribution < -0.4 is 11.1 Å². The summed E-state index contributed by atoms with van der Waals surface area (Å²) >= 11 is 0. The average molecular weight is 358 g/mol. The molecule has 4 rings (SSSR count). The van der Waals surface area contributed by atoms with Gasteiger partial charge in [-0.2, -0.15) is 0 Å². The van der Waals surface area contributed by atoms with E-state index in [0.717, 1.165) is 12.8 Å². The summed E-state index contributed by atoms with van der Waals surface area (Å²) in [6.45, 7) is 2.78. The number of fused-ring (bicyclic) bond motifs is 1. The molecule has 1 saturated carbocycles. The first-order chi connectivity index (χ1) is 12.6. The number of rotatable bonds is 5. The van der Waals surface area contributed by atoms with Gasteiger partial charge in [0.05, 0.1) is 12.1 Å². The summed E-state index contributed by atoms with van der Waals surface area (Å²) in [4.78, 5) is 40.2. The van der Waals surface area contributed by atoms with Crippen LogP contribution in [-0.4, -0.2) is 64.9 Å². The number of benzene rings is 1. The number of hydrogen-bond donors (Lipinski definition) is 1. The first-order valence-electron chi connectivity index (χ1n) is 8.98. The normalized spacial score (nSPS) is 18.2. The Bertz CT molecular complexity index is 875. The Morgan fingerprint density at radius 2 is 1.81 bits per heavy atom. The smallest absolute Gasteiger partial charge is 0.408 e. The van der Waals surface area contributed by atoms with Crippen LogP contribution in [0.2, 0.25) is 0 Å². The summed E-state index contributed by atoms with van der Waals surface area (Å²) in [6, 6.07) is 7.45. The van der Waals surface area contributed by atoms with Gasteiger partial charge < -0.3 is 14.6 Å². The molecule has 1 aromatic heterocycles. The standard InChI is InChI=1S/C18H22N4O4/c23-16(19-13-5-6-13)11-20-7-9-21(10-8-20)17(24)12-22-14-3-1-2-4-15(14)26-18(22)25/h1-4,13H,5-12H2,(H,19,23). The number of nitrogens with zero attached hydrogens (tertiary/aromatic N) is 3. The second-order valence-corrected chi connectivity index (χ2v) is 6.92. The average Bonchev–Trinajstić information content (AvgIpc) is 3.38. The molecule has 0 atom stereocenters. The number of nitrogens with one attached hydrogen (secondary N) is 1. The van der Waals surface area contributed by atoms with Crippen molar-refractivity contribution in [3.05, 3.63) is 34.8 Å². The Hall–Kier alpha value is -2.61. The van der Waals surface area contributed by atoms with Crippen molar-refractivity contribution in [2.45, 2.75) is 25.4 Å². The van der Waals surface area contributed by atoms with E-state index in [9.17, 15) is 14.4 Å². The predicted octanol–water partition coefficient (Wildman–Crippen LogP) is 0.0173. The molecule has 0 radical (unpaired) electrons. The van der Waals surface area contributed by atoms with Crippen molar-refractivity contribution in [2.24, 2.45) is 0 Å². The molecule has 1 aliphatic heterocycles. The van der Waals surface area contributed by atoms with Crippen LogP contribution >= 0.6 is 0 Å². The van der Waals surface area contributed by atoms with Crippen molar-refractivity contribution in [1.29, 1.82) is 0 Å². The zero-order valence-corrected chi connectivity index (χ0v) is 14.5. The van der Waals surface area contributed by atoms with Gasteiger partial charge in [0.2, 0.25) is 11.8 Å². The van der Waals surface area contributed by atoms with Crippen molar-refractivity contribution in [2.75, 3.05) is 32.7 Å². The van der Waals surface area contributed by atoms with Crippen LogP contribution in [0.3, 0.4) is 0 Å². The maximum absolute atomic E-state index is 12.6. The van der Waals surface area contributed by atoms with Gasteiger partial charge in [-0.05, 0) is 25.0 Å². The van der Waals surface area contributed by atoms with Crippen LogP contribution in [0.5, 0.6) is 0 Å². The van der Waals surface area contributed by atoms with Gasteiger partial charge >= 0.3 is 5.76 Å². The van der Waals surface area contributed by atoms with E-state index in [4.69, 9.17) is 4.42 Å². The lowest BCUT2D eigenvalue weighted by Crippen LogP contribution is -2.52. The highest BCUT2D eigenvalue weighted by Gasteiger charge is 2.26. The summed E-state index contributed by atoms with van der Waals surface area (Å²) < 4.78 is 6.54. The van der Waals surface area contributed by atoms with E-state index in [1.807, 2.05) is 6.07 Å². The third kappa shape index (κ3) is 3.65. The Balaban J connectivity index is 1.32. The first-order valence-corrected chi connectivity index (χ1v) is 8.98. The van der Waals surface area contributed by atoms with Gasteiger partial charge in [0.1, 0.15) is 6.54 Å². The van der Waals surface area contributed by atoms with Gasteiger partial charge in [-0.3, -0.25) is 19.1 Å². The third-order valence-electron chi connectivity index (χ3n) is 4.90. The number of hydrogen-bond acceptors (Lipinski definition) is 5. The summed E-state index contributed by atoms with van der Waals surface area (Å²) in [6.07, 6.45) is 2.16. The molecule has 8 nitrogen and oxygen atoms in total. The predicted molar refractivity (Wildman–Crippen MR) is 94.7 cm³/mol. The number of carbonyl (C=O) groups excluding carboxylic acids is 2. The molecule has 1 N–H and O–H groups in total. The van der Waals surface area contributed by atoms with E-state index >= 15 is 0 Å². The molecule has 2 heterocycles. The number of oxazole rings is 1. The highest BCUT2D eigenvalue weighted by Crippen LogP contribution is 2.18. The molecular weight excluding hydrogens is 336 g/mol. The lowest BCUT2D eigenvalue weighted by molar-refractivity contribution is -0.133. The largest absolute Gasteiger partial charge is 0.420 e. The fraction of sp³-hybridized carbons (Fsp3) is 0.500. The van der Waals surface area contributed by atoms with E-state index in [1.54, 1.807) is 23.1 Å². The third-order valence-corrected chi connectivity index (χ3v) is 4.90. The highest BCUT2D eigenvalue weighted by atomic mass is 16.4. The molecule has 1 saturated heterocycles. The van der Waals surface area contributed by atoms with Gasteiger partial charge in [-0.1, -0.05) is 12.1 Å². The van der Waals surface area contributed by atoms with Crippen molar-refractivity contribution in [1.82, 2.24) is 19.7 Å². The molecule has 0 unspecified atom stereocenters. The number of carbonyl (C=O) groups is 2. The maximum atomic E-state index is 12.6. The lowest BCUT2D eigenvalue weighted by Gasteiger charge is -2.34. The fourth-order valence-electron chi connectivity index (χ4n) is 3.26. The molecule has 1 aromatic carbocycles. The summed E-state index contributed by atoms with van der Waals surface area (Å²) in [7, 11) is 0. The summed E-state index contributed by atoms with van der Waals surface area (Å²) in [5.41, 5.74) is 1.11. The maximum Gasteiger partial charge on any atom is 0.420 e. The van der Waals surface area contributed by atoms with Crippen LogP contribution in [0.4, 0.5) is 0 Å². The van der Waals surface area contributed by atoms with Gasteiger partial charge in [0, 0.05) is 32.2 Å². The van der Waals surface area contributed by atoms with Crippen LogP contribution in [0.1, 0.15) is 12.8 Å². The number of piperazine rings is 1. The zero-order valence-electron chi connectivity index (χ0n) is 14.5. The minimum absolute atomic E-state index is 0.0297. The van der Waals surface area contributed by atoms with Gasteiger partial charge in [0.25, 0.3) is 0 Å². The molecule has 2 fully saturated rings. The molecule has 26 heavy (non-hydrogen) atoms. The van der Waals surface area contributed by atoms with Crippen LogP contribution in [0.15, 0.2) is 33.5 Å². The molecule has 0 spiro atoms. The number of amides is 2. The van der Waals surface area contributed by atoms with Crippen molar-refractivity contribution in [3.8, 4) is 0 Å². The fourth-order valence-corrected chi connectivity index (χ4v) is 3.26. The van der Waals surface area contributed by atoms with E-state index in [-0.39, 0.29) is 18.4 Å². The Morgan fingerprint density at radius 1 is 1.08 bits per heavy atom. The second-order valence-electron chi connectivity index (χ2n) is 6.92. The molecule has 0 bridgehead atoms. The molecule has 1 aliphatic carbocycles. The molecule has 8 heteroatoms. The summed E-state index contributed by atoms with van der Waals surface area (Å²) in [5.74, 6) is -0.570. The van der Waals surface area contributed by atoms with Gasteiger partial charge in [-0.15, -0.1) is 0 Å². The van der Waals surface area contributed by atoms with Gasteiger partial charge in [0.15, 0.2) is 5.58 Å².